The Morgan fingerprint density at radius 3 is 2.59 bits per heavy atom. The molecule has 0 radical (unpaired) electrons. The van der Waals surface area contributed by atoms with Crippen LogP contribution in [0.25, 0.3) is 21.5 Å². The lowest BCUT2D eigenvalue weighted by atomic mass is 10.1. The number of halogens is 1. The number of thiazole rings is 1. The van der Waals surface area contributed by atoms with Crippen molar-refractivity contribution >= 4 is 60.6 Å². The van der Waals surface area contributed by atoms with Crippen LogP contribution in [0, 0.1) is 0 Å². The smallest absolute Gasteiger partial charge is 0.229 e. The molecule has 7 nitrogen and oxygen atoms in total. The van der Waals surface area contributed by atoms with Gasteiger partial charge in [0.1, 0.15) is 5.82 Å². The Morgan fingerprint density at radius 1 is 1.06 bits per heavy atom. The number of hydrogen-bond donors (Lipinski definition) is 2. The molecule has 1 fully saturated rings. The number of anilines is 4. The average Bonchev–Trinajstić information content (AvgIpc) is 3.30. The largest absolute Gasteiger partial charge is 0.383 e. The number of nitrogen functional groups attached to an aromatic ring is 1. The minimum Gasteiger partial charge on any atom is -0.383 e. The van der Waals surface area contributed by atoms with E-state index in [0.717, 1.165) is 59.9 Å². The summed E-state index contributed by atoms with van der Waals surface area (Å²) >= 11 is 5.17. The summed E-state index contributed by atoms with van der Waals surface area (Å²) in [6, 6.07) is 14.5. The van der Waals surface area contributed by atoms with Gasteiger partial charge in [0, 0.05) is 43.1 Å². The number of rotatable bonds is 5. The van der Waals surface area contributed by atoms with Gasteiger partial charge in [0.05, 0.1) is 25.9 Å². The topological polar surface area (TPSA) is 83.2 Å². The molecule has 32 heavy (non-hydrogen) atoms. The second kappa shape index (κ2) is 9.01. The Kier molecular flexibility index (Phi) is 5.95. The normalized spacial score (nSPS) is 14.8. The molecule has 1 saturated heterocycles. The Hall–Kier alpha value is -2.75. The first-order chi connectivity index (χ1) is 15.6. The highest BCUT2D eigenvalue weighted by molar-refractivity contribution is 9.10. The standard InChI is InChI=1S/C23H24BrN7S/c1-2-30-9-11-31(12-10-30)17-6-4-16(5-7-17)27-23-28-21(20(24)22(25)29-23)15-3-8-19-18(13-15)26-14-32-19/h3-8,13-14H,2,9-12H2,1H3,(H3,25,27,28,29). The van der Waals surface area contributed by atoms with Gasteiger partial charge in [-0.15, -0.1) is 11.3 Å². The van der Waals surface area contributed by atoms with Crippen molar-refractivity contribution in [3.63, 3.8) is 0 Å². The Labute approximate surface area is 199 Å². The van der Waals surface area contributed by atoms with Gasteiger partial charge in [0.2, 0.25) is 5.95 Å². The number of nitrogens with one attached hydrogen (secondary N) is 1. The molecule has 0 unspecified atom stereocenters. The number of nitrogens with zero attached hydrogens (tertiary/aromatic N) is 5. The molecule has 5 rings (SSSR count). The third-order valence-electron chi connectivity index (χ3n) is 5.79. The number of benzene rings is 2. The number of likely N-dealkylation sites (N-methyl/N-ethyl adjacent to an activating group) is 1. The van der Waals surface area contributed by atoms with Crippen molar-refractivity contribution in [2.75, 3.05) is 48.7 Å². The van der Waals surface area contributed by atoms with Crippen LogP contribution in [0.3, 0.4) is 0 Å². The van der Waals surface area contributed by atoms with Gasteiger partial charge >= 0.3 is 0 Å². The molecule has 2 aromatic heterocycles. The van der Waals surface area contributed by atoms with Gasteiger partial charge in [0.15, 0.2) is 0 Å². The van der Waals surface area contributed by atoms with E-state index >= 15 is 0 Å². The highest BCUT2D eigenvalue weighted by atomic mass is 79.9. The first kappa shape index (κ1) is 21.1. The predicted octanol–water partition coefficient (Wildman–Crippen LogP) is 4.98. The van der Waals surface area contributed by atoms with Crippen LogP contribution < -0.4 is 16.0 Å². The van der Waals surface area contributed by atoms with E-state index in [9.17, 15) is 0 Å². The summed E-state index contributed by atoms with van der Waals surface area (Å²) in [5.74, 6) is 0.852. The lowest BCUT2D eigenvalue weighted by Crippen LogP contribution is -2.46. The maximum atomic E-state index is 6.19. The quantitative estimate of drug-likeness (QED) is 0.392. The zero-order valence-electron chi connectivity index (χ0n) is 17.8. The zero-order valence-corrected chi connectivity index (χ0v) is 20.2. The van der Waals surface area contributed by atoms with Crippen LogP contribution in [-0.4, -0.2) is 52.6 Å². The molecule has 0 bridgehead atoms. The fourth-order valence-electron chi connectivity index (χ4n) is 3.92. The van der Waals surface area contributed by atoms with Crippen LogP contribution in [-0.2, 0) is 0 Å². The van der Waals surface area contributed by atoms with Crippen molar-refractivity contribution in [1.82, 2.24) is 19.9 Å². The third-order valence-corrected chi connectivity index (χ3v) is 7.38. The number of nitrogens with two attached hydrogens (primary N) is 1. The molecule has 3 heterocycles. The summed E-state index contributed by atoms with van der Waals surface area (Å²) in [4.78, 5) is 18.5. The van der Waals surface area contributed by atoms with Crippen molar-refractivity contribution in [1.29, 1.82) is 0 Å². The highest BCUT2D eigenvalue weighted by Gasteiger charge is 2.16. The average molecular weight is 510 g/mol. The molecular weight excluding hydrogens is 486 g/mol. The summed E-state index contributed by atoms with van der Waals surface area (Å²) in [5.41, 5.74) is 12.8. The molecule has 0 spiro atoms. The van der Waals surface area contributed by atoms with Crippen molar-refractivity contribution in [3.8, 4) is 11.3 Å². The third kappa shape index (κ3) is 4.28. The molecule has 0 saturated carbocycles. The number of piperazine rings is 1. The fourth-order valence-corrected chi connectivity index (χ4v) is 4.99. The summed E-state index contributed by atoms with van der Waals surface area (Å²) in [7, 11) is 0. The lowest BCUT2D eigenvalue weighted by Gasteiger charge is -2.35. The minimum atomic E-state index is 0.390. The van der Waals surface area contributed by atoms with Crippen LogP contribution in [0.1, 0.15) is 6.92 Å². The summed E-state index contributed by atoms with van der Waals surface area (Å²) < 4.78 is 1.82. The SMILES string of the molecule is CCN1CCN(c2ccc(Nc3nc(N)c(Br)c(-c4ccc5scnc5c4)n3)cc2)CC1. The summed E-state index contributed by atoms with van der Waals surface area (Å²) in [6.45, 7) is 7.66. The van der Waals surface area contributed by atoms with Crippen LogP contribution in [0.5, 0.6) is 0 Å². The van der Waals surface area contributed by atoms with Crippen LogP contribution in [0.15, 0.2) is 52.4 Å². The molecule has 1 aliphatic rings. The predicted molar refractivity (Wildman–Crippen MR) is 137 cm³/mol. The molecule has 2 aromatic carbocycles. The van der Waals surface area contributed by atoms with Gasteiger partial charge in [-0.1, -0.05) is 13.0 Å². The lowest BCUT2D eigenvalue weighted by molar-refractivity contribution is 0.271. The van der Waals surface area contributed by atoms with E-state index in [1.807, 2.05) is 17.6 Å². The van der Waals surface area contributed by atoms with Crippen LogP contribution in [0.4, 0.5) is 23.1 Å². The highest BCUT2D eigenvalue weighted by Crippen LogP contribution is 2.34. The monoisotopic (exact) mass is 509 g/mol. The van der Waals surface area contributed by atoms with Gasteiger partial charge in [-0.3, -0.25) is 0 Å². The van der Waals surface area contributed by atoms with Gasteiger partial charge in [-0.25, -0.2) is 9.97 Å². The van der Waals surface area contributed by atoms with Gasteiger partial charge in [-0.05, 0) is 58.9 Å². The minimum absolute atomic E-state index is 0.390. The van der Waals surface area contributed by atoms with Gasteiger partial charge in [0.25, 0.3) is 0 Å². The maximum absolute atomic E-state index is 6.19. The fraction of sp³-hybridized carbons (Fsp3) is 0.261. The second-order valence-corrected chi connectivity index (χ2v) is 9.40. The molecule has 0 aliphatic carbocycles. The number of hydrogen-bond acceptors (Lipinski definition) is 8. The Balaban J connectivity index is 1.36. The van der Waals surface area contributed by atoms with E-state index in [1.165, 1.54) is 5.69 Å². The van der Waals surface area contributed by atoms with Crippen LogP contribution >= 0.6 is 27.3 Å². The van der Waals surface area contributed by atoms with Crippen molar-refractivity contribution in [2.45, 2.75) is 6.92 Å². The van der Waals surface area contributed by atoms with E-state index in [4.69, 9.17) is 10.7 Å². The van der Waals surface area contributed by atoms with Crippen molar-refractivity contribution in [3.05, 3.63) is 52.4 Å². The van der Waals surface area contributed by atoms with Crippen LogP contribution in [0.2, 0.25) is 0 Å². The summed E-state index contributed by atoms with van der Waals surface area (Å²) in [5, 5.41) is 3.30. The molecule has 0 atom stereocenters. The van der Waals surface area contributed by atoms with E-state index < -0.39 is 0 Å². The van der Waals surface area contributed by atoms with Gasteiger partial charge in [-0.2, -0.15) is 4.98 Å². The van der Waals surface area contributed by atoms with Crippen molar-refractivity contribution in [2.24, 2.45) is 0 Å². The number of aromatic nitrogens is 3. The summed E-state index contributed by atoms with van der Waals surface area (Å²) in [6.07, 6.45) is 0. The molecule has 164 valence electrons. The molecule has 0 amide bonds. The first-order valence-electron chi connectivity index (χ1n) is 10.6. The molecule has 4 aromatic rings. The molecule has 9 heteroatoms. The maximum Gasteiger partial charge on any atom is 0.229 e. The second-order valence-electron chi connectivity index (χ2n) is 7.72. The Morgan fingerprint density at radius 2 is 1.84 bits per heavy atom. The zero-order chi connectivity index (χ0) is 22.1. The van der Waals surface area contributed by atoms with E-state index in [1.54, 1.807) is 11.3 Å². The van der Waals surface area contributed by atoms with Gasteiger partial charge < -0.3 is 20.9 Å². The Bertz CT molecular complexity index is 1230. The van der Waals surface area contributed by atoms with Crippen molar-refractivity contribution < 1.29 is 0 Å². The van der Waals surface area contributed by atoms with E-state index in [2.05, 4.69) is 78.3 Å². The van der Waals surface area contributed by atoms with E-state index in [-0.39, 0.29) is 0 Å². The molecular formula is C23H24BrN7S. The molecule has 3 N–H and O–H groups in total. The first-order valence-corrected chi connectivity index (χ1v) is 12.3. The van der Waals surface area contributed by atoms with E-state index in [0.29, 0.717) is 16.2 Å². The number of fused-ring (bicyclic) bond motifs is 1. The molecule has 1 aliphatic heterocycles.